The maximum Gasteiger partial charge on any atom is 0.292 e. The number of hydrogen-bond acceptors (Lipinski definition) is 8. The Hall–Kier alpha value is -3.10. The fourth-order valence-electron chi connectivity index (χ4n) is 3.00. The van der Waals surface area contributed by atoms with Gasteiger partial charge in [-0.3, -0.25) is 9.78 Å². The molecule has 0 bridgehead atoms. The lowest BCUT2D eigenvalue weighted by molar-refractivity contribution is 0.0626. The van der Waals surface area contributed by atoms with Crippen LogP contribution in [-0.2, 0) is 6.42 Å². The molecular weight excluding hydrogens is 324 g/mol. The average Bonchev–Trinajstić information content (AvgIpc) is 3.34. The Balaban J connectivity index is 1.41. The van der Waals surface area contributed by atoms with Gasteiger partial charge in [-0.1, -0.05) is 10.3 Å². The summed E-state index contributed by atoms with van der Waals surface area (Å²) < 4.78 is 10.3. The van der Waals surface area contributed by atoms with Crippen LogP contribution in [0.5, 0.6) is 0 Å². The van der Waals surface area contributed by atoms with Crippen molar-refractivity contribution >= 4 is 5.91 Å². The molecule has 1 aliphatic rings. The first kappa shape index (κ1) is 15.4. The maximum atomic E-state index is 12.4. The molecule has 1 aliphatic heterocycles. The molecule has 1 amide bonds. The van der Waals surface area contributed by atoms with E-state index in [0.717, 1.165) is 12.8 Å². The van der Waals surface area contributed by atoms with E-state index in [9.17, 15) is 4.79 Å². The van der Waals surface area contributed by atoms with Crippen molar-refractivity contribution < 1.29 is 13.8 Å². The quantitative estimate of drug-likeness (QED) is 0.704. The standard InChI is InChI=1S/C16H16N6O3/c23-16(13-3-4-19-24-13)22-7-1-2-11(10-22)8-14-20-15(21-25-14)12-9-17-5-6-18-12/h3-6,9,11H,1-2,7-8,10H2. The Morgan fingerprint density at radius 3 is 3.04 bits per heavy atom. The average molecular weight is 340 g/mol. The number of piperidine rings is 1. The molecule has 1 fully saturated rings. The van der Waals surface area contributed by atoms with Crippen LogP contribution in [0, 0.1) is 5.92 Å². The first-order valence-corrected chi connectivity index (χ1v) is 8.08. The van der Waals surface area contributed by atoms with Gasteiger partial charge in [0.1, 0.15) is 5.69 Å². The molecule has 9 nitrogen and oxygen atoms in total. The molecule has 9 heteroatoms. The highest BCUT2D eigenvalue weighted by Crippen LogP contribution is 2.22. The number of carbonyl (C=O) groups excluding carboxylic acids is 1. The predicted molar refractivity (Wildman–Crippen MR) is 84.2 cm³/mol. The van der Waals surface area contributed by atoms with Gasteiger partial charge in [-0.2, -0.15) is 4.98 Å². The Kier molecular flexibility index (Phi) is 4.19. The molecule has 0 N–H and O–H groups in total. The fraction of sp³-hybridized carbons (Fsp3) is 0.375. The van der Waals surface area contributed by atoms with Crippen LogP contribution in [0.1, 0.15) is 29.3 Å². The molecule has 25 heavy (non-hydrogen) atoms. The number of nitrogens with zero attached hydrogens (tertiary/aromatic N) is 6. The van der Waals surface area contributed by atoms with Crippen LogP contribution >= 0.6 is 0 Å². The second-order valence-corrected chi connectivity index (χ2v) is 5.94. The monoisotopic (exact) mass is 340 g/mol. The third-order valence-electron chi connectivity index (χ3n) is 4.18. The number of carbonyl (C=O) groups is 1. The third-order valence-corrected chi connectivity index (χ3v) is 4.18. The van der Waals surface area contributed by atoms with Crippen molar-refractivity contribution in [3.8, 4) is 11.5 Å². The first-order valence-electron chi connectivity index (χ1n) is 8.08. The first-order chi connectivity index (χ1) is 12.3. The van der Waals surface area contributed by atoms with Crippen LogP contribution in [0.3, 0.4) is 0 Å². The highest BCUT2D eigenvalue weighted by atomic mass is 16.5. The van der Waals surface area contributed by atoms with Crippen molar-refractivity contribution in [2.75, 3.05) is 13.1 Å². The van der Waals surface area contributed by atoms with Gasteiger partial charge in [-0.25, -0.2) is 4.98 Å². The number of likely N-dealkylation sites (tertiary alicyclic amines) is 1. The second kappa shape index (κ2) is 6.80. The fourth-order valence-corrected chi connectivity index (χ4v) is 3.00. The number of hydrogen-bond donors (Lipinski definition) is 0. The Morgan fingerprint density at radius 1 is 1.28 bits per heavy atom. The number of rotatable bonds is 4. The van der Waals surface area contributed by atoms with Crippen molar-refractivity contribution in [3.05, 3.63) is 42.5 Å². The van der Waals surface area contributed by atoms with Crippen molar-refractivity contribution in [1.82, 2.24) is 30.2 Å². The maximum absolute atomic E-state index is 12.4. The molecule has 128 valence electrons. The van der Waals surface area contributed by atoms with Crippen molar-refractivity contribution in [3.63, 3.8) is 0 Å². The van der Waals surface area contributed by atoms with E-state index in [1.165, 1.54) is 6.20 Å². The zero-order chi connectivity index (χ0) is 17.1. The third kappa shape index (κ3) is 3.39. The van der Waals surface area contributed by atoms with E-state index in [-0.39, 0.29) is 17.6 Å². The van der Waals surface area contributed by atoms with E-state index in [1.54, 1.807) is 29.6 Å². The van der Waals surface area contributed by atoms with E-state index in [4.69, 9.17) is 9.05 Å². The van der Waals surface area contributed by atoms with E-state index >= 15 is 0 Å². The molecule has 4 heterocycles. The lowest BCUT2D eigenvalue weighted by Crippen LogP contribution is -2.40. The zero-order valence-electron chi connectivity index (χ0n) is 13.4. The molecule has 3 aromatic rings. The Labute approximate surface area is 143 Å². The summed E-state index contributed by atoms with van der Waals surface area (Å²) in [5.41, 5.74) is 0.572. The van der Waals surface area contributed by atoms with Gasteiger partial charge in [0, 0.05) is 38.0 Å². The van der Waals surface area contributed by atoms with Crippen molar-refractivity contribution in [2.24, 2.45) is 5.92 Å². The van der Waals surface area contributed by atoms with Gasteiger partial charge in [0.2, 0.25) is 17.5 Å². The minimum absolute atomic E-state index is 0.132. The summed E-state index contributed by atoms with van der Waals surface area (Å²) in [7, 11) is 0. The molecule has 1 unspecified atom stereocenters. The molecule has 0 saturated carbocycles. The minimum Gasteiger partial charge on any atom is -0.351 e. The van der Waals surface area contributed by atoms with Crippen molar-refractivity contribution in [2.45, 2.75) is 19.3 Å². The molecule has 0 spiro atoms. The summed E-state index contributed by atoms with van der Waals surface area (Å²) >= 11 is 0. The summed E-state index contributed by atoms with van der Waals surface area (Å²) in [5, 5.41) is 7.54. The zero-order valence-corrected chi connectivity index (χ0v) is 13.4. The number of aromatic nitrogens is 5. The van der Waals surface area contributed by atoms with E-state index in [1.807, 2.05) is 0 Å². The van der Waals surface area contributed by atoms with Gasteiger partial charge in [-0.15, -0.1) is 0 Å². The molecule has 0 aliphatic carbocycles. The normalized spacial score (nSPS) is 17.6. The molecule has 1 atom stereocenters. The largest absolute Gasteiger partial charge is 0.351 e. The highest BCUT2D eigenvalue weighted by molar-refractivity contribution is 5.91. The summed E-state index contributed by atoms with van der Waals surface area (Å²) in [4.78, 5) is 26.7. The van der Waals surface area contributed by atoms with Crippen molar-refractivity contribution in [1.29, 1.82) is 0 Å². The van der Waals surface area contributed by atoms with Crippen LogP contribution in [0.15, 0.2) is 39.9 Å². The number of amides is 1. The topological polar surface area (TPSA) is 111 Å². The molecule has 0 aromatic carbocycles. The van der Waals surface area contributed by atoms with Crippen LogP contribution in [0.25, 0.3) is 11.5 Å². The van der Waals surface area contributed by atoms with Gasteiger partial charge < -0.3 is 13.9 Å². The van der Waals surface area contributed by atoms with E-state index < -0.39 is 0 Å². The van der Waals surface area contributed by atoms with Gasteiger partial charge in [-0.05, 0) is 18.8 Å². The van der Waals surface area contributed by atoms with Crippen LogP contribution in [0.4, 0.5) is 0 Å². The smallest absolute Gasteiger partial charge is 0.292 e. The lowest BCUT2D eigenvalue weighted by atomic mass is 9.94. The van der Waals surface area contributed by atoms with Crippen LogP contribution < -0.4 is 0 Å². The van der Waals surface area contributed by atoms with Crippen LogP contribution in [0.2, 0.25) is 0 Å². The summed E-state index contributed by atoms with van der Waals surface area (Å²) in [6.45, 7) is 1.34. The molecule has 1 saturated heterocycles. The van der Waals surface area contributed by atoms with Gasteiger partial charge >= 0.3 is 0 Å². The molecular formula is C16H16N6O3. The van der Waals surface area contributed by atoms with Gasteiger partial charge in [0.25, 0.3) is 5.91 Å². The van der Waals surface area contributed by atoms with Gasteiger partial charge in [0.15, 0.2) is 0 Å². The van der Waals surface area contributed by atoms with Gasteiger partial charge in [0.05, 0.1) is 12.4 Å². The van der Waals surface area contributed by atoms with Crippen LogP contribution in [-0.4, -0.2) is 49.2 Å². The molecule has 3 aromatic heterocycles. The highest BCUT2D eigenvalue weighted by Gasteiger charge is 2.27. The SMILES string of the molecule is O=C(c1ccno1)N1CCCC(Cc2nc(-c3cnccn3)no2)C1. The Morgan fingerprint density at radius 2 is 2.24 bits per heavy atom. The predicted octanol–water partition coefficient (Wildman–Crippen LogP) is 1.61. The second-order valence-electron chi connectivity index (χ2n) is 5.94. The summed E-state index contributed by atoms with van der Waals surface area (Å²) in [6.07, 6.45) is 8.78. The Bertz CT molecular complexity index is 833. The minimum atomic E-state index is -0.132. The summed E-state index contributed by atoms with van der Waals surface area (Å²) in [5.74, 6) is 1.36. The molecule has 4 rings (SSSR count). The summed E-state index contributed by atoms with van der Waals surface area (Å²) in [6, 6.07) is 1.58. The molecule has 0 radical (unpaired) electrons. The van der Waals surface area contributed by atoms with E-state index in [0.29, 0.717) is 36.9 Å². The lowest BCUT2D eigenvalue weighted by Gasteiger charge is -2.31. The van der Waals surface area contributed by atoms with E-state index in [2.05, 4.69) is 25.3 Å².